The van der Waals surface area contributed by atoms with Crippen molar-refractivity contribution in [3.63, 3.8) is 0 Å². The van der Waals surface area contributed by atoms with E-state index in [-0.39, 0.29) is 0 Å². The van der Waals surface area contributed by atoms with E-state index in [0.29, 0.717) is 0 Å². The second-order valence-corrected chi connectivity index (χ2v) is 4.70. The van der Waals surface area contributed by atoms with E-state index in [1.54, 1.807) is 0 Å². The van der Waals surface area contributed by atoms with Gasteiger partial charge in [0.2, 0.25) is 0 Å². The van der Waals surface area contributed by atoms with Crippen LogP contribution in [0.3, 0.4) is 0 Å². The maximum atomic E-state index is 5.37. The quantitative estimate of drug-likeness (QED) is 0.630. The average molecular weight is 192 g/mol. The number of nitrogens with one attached hydrogen (secondary N) is 1. The third-order valence-corrected chi connectivity index (χ3v) is 3.25. The van der Waals surface area contributed by atoms with Gasteiger partial charge in [0.25, 0.3) is 0 Å². The summed E-state index contributed by atoms with van der Waals surface area (Å²) >= 11 is 0. The maximum absolute atomic E-state index is 5.37. The highest BCUT2D eigenvalue weighted by atomic mass is 15.1. The van der Waals surface area contributed by atoms with Crippen LogP contribution in [0.2, 0.25) is 0 Å². The van der Waals surface area contributed by atoms with Crippen molar-refractivity contribution in [2.75, 3.05) is 32.7 Å². The van der Waals surface area contributed by atoms with E-state index in [0.717, 1.165) is 18.4 Å². The van der Waals surface area contributed by atoms with Gasteiger partial charge in [-0.15, -0.1) is 6.42 Å². The Morgan fingerprint density at radius 2 is 2.07 bits per heavy atom. The molecular weight excluding hydrogens is 172 g/mol. The maximum Gasteiger partial charge on any atom is 0.0599 e. The fourth-order valence-electron chi connectivity index (χ4n) is 1.95. The second-order valence-electron chi connectivity index (χ2n) is 4.70. The monoisotopic (exact) mass is 192 g/mol. The Balaban J connectivity index is 1.63. The zero-order chi connectivity index (χ0) is 9.80. The zero-order valence-electron chi connectivity index (χ0n) is 8.84. The molecule has 1 N–H and O–H groups in total. The molecule has 2 fully saturated rings. The van der Waals surface area contributed by atoms with Gasteiger partial charge in [-0.25, -0.2) is 0 Å². The molecule has 78 valence electrons. The van der Waals surface area contributed by atoms with Crippen molar-refractivity contribution in [3.8, 4) is 12.3 Å². The predicted octanol–water partition coefficient (Wildman–Crippen LogP) is 0.941. The SMILES string of the molecule is C#CCN(CCC1CNC1)CC1CC1. The van der Waals surface area contributed by atoms with Gasteiger partial charge >= 0.3 is 0 Å². The normalized spacial score (nSPS) is 22.0. The summed E-state index contributed by atoms with van der Waals surface area (Å²) in [7, 11) is 0. The van der Waals surface area contributed by atoms with Crippen molar-refractivity contribution < 1.29 is 0 Å². The predicted molar refractivity (Wildman–Crippen MR) is 59.0 cm³/mol. The fourth-order valence-corrected chi connectivity index (χ4v) is 1.95. The molecule has 0 spiro atoms. The van der Waals surface area contributed by atoms with Crippen LogP contribution in [-0.4, -0.2) is 37.6 Å². The van der Waals surface area contributed by atoms with Gasteiger partial charge in [0, 0.05) is 6.54 Å². The Hall–Kier alpha value is -0.520. The molecule has 2 rings (SSSR count). The van der Waals surface area contributed by atoms with Crippen LogP contribution in [-0.2, 0) is 0 Å². The summed E-state index contributed by atoms with van der Waals surface area (Å²) in [5.74, 6) is 4.64. The number of hydrogen-bond donors (Lipinski definition) is 1. The highest BCUT2D eigenvalue weighted by Gasteiger charge is 2.24. The Morgan fingerprint density at radius 1 is 1.29 bits per heavy atom. The molecule has 0 aromatic heterocycles. The summed E-state index contributed by atoms with van der Waals surface area (Å²) in [6.45, 7) is 5.72. The second kappa shape index (κ2) is 4.82. The number of nitrogens with zero attached hydrogens (tertiary/aromatic N) is 1. The van der Waals surface area contributed by atoms with E-state index in [4.69, 9.17) is 6.42 Å². The lowest BCUT2D eigenvalue weighted by Crippen LogP contribution is -2.43. The summed E-state index contributed by atoms with van der Waals surface area (Å²) in [5.41, 5.74) is 0. The lowest BCUT2D eigenvalue weighted by Gasteiger charge is -2.29. The van der Waals surface area contributed by atoms with E-state index in [9.17, 15) is 0 Å². The molecule has 0 unspecified atom stereocenters. The Labute approximate surface area is 87.1 Å². The van der Waals surface area contributed by atoms with Gasteiger partial charge in [-0.2, -0.15) is 0 Å². The number of terminal acetylenes is 1. The third-order valence-electron chi connectivity index (χ3n) is 3.25. The first-order valence-corrected chi connectivity index (χ1v) is 5.75. The van der Waals surface area contributed by atoms with Crippen LogP contribution in [0.4, 0.5) is 0 Å². The van der Waals surface area contributed by atoms with E-state index in [2.05, 4.69) is 16.1 Å². The summed E-state index contributed by atoms with van der Waals surface area (Å²) < 4.78 is 0. The summed E-state index contributed by atoms with van der Waals surface area (Å²) in [6.07, 6.45) is 9.54. The molecule has 0 bridgehead atoms. The first-order chi connectivity index (χ1) is 6.88. The van der Waals surface area contributed by atoms with E-state index in [1.165, 1.54) is 45.4 Å². The molecule has 2 heteroatoms. The summed E-state index contributed by atoms with van der Waals surface area (Å²) in [6, 6.07) is 0. The standard InChI is InChI=1S/C12H20N2/c1-2-6-14(10-11-3-4-11)7-5-12-8-13-9-12/h1,11-13H,3-10H2. The van der Waals surface area contributed by atoms with Crippen LogP contribution in [0.15, 0.2) is 0 Å². The highest BCUT2D eigenvalue weighted by Crippen LogP contribution is 2.29. The smallest absolute Gasteiger partial charge is 0.0599 e. The molecule has 0 aromatic carbocycles. The molecule has 2 nitrogen and oxygen atoms in total. The Morgan fingerprint density at radius 3 is 2.57 bits per heavy atom. The highest BCUT2D eigenvalue weighted by molar-refractivity contribution is 4.90. The molecule has 0 amide bonds. The average Bonchev–Trinajstić information content (AvgIpc) is 2.85. The number of rotatable bonds is 6. The summed E-state index contributed by atoms with van der Waals surface area (Å²) in [5, 5.41) is 3.31. The summed E-state index contributed by atoms with van der Waals surface area (Å²) in [4.78, 5) is 2.45. The van der Waals surface area contributed by atoms with E-state index >= 15 is 0 Å². The zero-order valence-corrected chi connectivity index (χ0v) is 8.84. The van der Waals surface area contributed by atoms with E-state index < -0.39 is 0 Å². The largest absolute Gasteiger partial charge is 0.316 e. The minimum absolute atomic E-state index is 0.844. The van der Waals surface area contributed by atoms with Crippen LogP contribution >= 0.6 is 0 Å². The first-order valence-electron chi connectivity index (χ1n) is 5.75. The lowest BCUT2D eigenvalue weighted by molar-refractivity contribution is 0.237. The van der Waals surface area contributed by atoms with Gasteiger partial charge in [-0.1, -0.05) is 5.92 Å². The molecule has 0 radical (unpaired) electrons. The first kappa shape index (κ1) is 10.0. The Kier molecular flexibility index (Phi) is 3.44. The molecule has 1 saturated carbocycles. The molecule has 1 saturated heterocycles. The minimum Gasteiger partial charge on any atom is -0.316 e. The van der Waals surface area contributed by atoms with Crippen molar-refractivity contribution in [1.82, 2.24) is 10.2 Å². The molecule has 2 aliphatic rings. The Bertz CT molecular complexity index is 211. The molecular formula is C12H20N2. The van der Waals surface area contributed by atoms with Crippen molar-refractivity contribution in [2.24, 2.45) is 11.8 Å². The van der Waals surface area contributed by atoms with E-state index in [1.807, 2.05) is 0 Å². The van der Waals surface area contributed by atoms with Gasteiger partial charge < -0.3 is 5.32 Å². The van der Waals surface area contributed by atoms with Gasteiger partial charge in [-0.05, 0) is 50.7 Å². The van der Waals surface area contributed by atoms with Crippen LogP contribution in [0.5, 0.6) is 0 Å². The molecule has 0 atom stereocenters. The van der Waals surface area contributed by atoms with Gasteiger partial charge in [0.15, 0.2) is 0 Å². The third kappa shape index (κ3) is 3.01. The molecule has 0 aromatic rings. The van der Waals surface area contributed by atoms with Gasteiger partial charge in [0.1, 0.15) is 0 Å². The number of hydrogen-bond acceptors (Lipinski definition) is 2. The van der Waals surface area contributed by atoms with Crippen LogP contribution < -0.4 is 5.32 Å². The topological polar surface area (TPSA) is 15.3 Å². The molecule has 1 aliphatic carbocycles. The molecule has 1 aliphatic heterocycles. The van der Waals surface area contributed by atoms with Crippen molar-refractivity contribution >= 4 is 0 Å². The van der Waals surface area contributed by atoms with Crippen LogP contribution in [0, 0.1) is 24.2 Å². The molecule has 1 heterocycles. The fraction of sp³-hybridized carbons (Fsp3) is 0.833. The molecule has 14 heavy (non-hydrogen) atoms. The van der Waals surface area contributed by atoms with Crippen molar-refractivity contribution in [1.29, 1.82) is 0 Å². The van der Waals surface area contributed by atoms with Crippen LogP contribution in [0.25, 0.3) is 0 Å². The van der Waals surface area contributed by atoms with Crippen molar-refractivity contribution in [3.05, 3.63) is 0 Å². The lowest BCUT2D eigenvalue weighted by atomic mass is 9.99. The van der Waals surface area contributed by atoms with Gasteiger partial charge in [0.05, 0.1) is 6.54 Å². The van der Waals surface area contributed by atoms with Crippen LogP contribution in [0.1, 0.15) is 19.3 Å². The minimum atomic E-state index is 0.844. The van der Waals surface area contributed by atoms with Gasteiger partial charge in [-0.3, -0.25) is 4.90 Å². The van der Waals surface area contributed by atoms with Crippen molar-refractivity contribution in [2.45, 2.75) is 19.3 Å².